The maximum atomic E-state index is 12.1. The molecule has 1 aliphatic rings. The van der Waals surface area contributed by atoms with Gasteiger partial charge in [0.25, 0.3) is 0 Å². The first-order chi connectivity index (χ1) is 10.0. The van der Waals surface area contributed by atoms with Crippen LogP contribution in [0.5, 0.6) is 0 Å². The van der Waals surface area contributed by atoms with Crippen molar-refractivity contribution in [2.75, 3.05) is 19.6 Å². The molecular formula is C17H35N3O. The Labute approximate surface area is 130 Å². The number of nitrogens with two attached hydrogens (primary N) is 1. The SMILES string of the molecule is CCCC1CCC(CN)C(N(CC)CC(=O)NC(C)C)C1. The van der Waals surface area contributed by atoms with E-state index < -0.39 is 0 Å². The predicted octanol–water partition coefficient (Wildman–Crippen LogP) is 2.38. The van der Waals surface area contributed by atoms with Crippen molar-refractivity contribution in [1.82, 2.24) is 10.2 Å². The van der Waals surface area contributed by atoms with E-state index in [4.69, 9.17) is 5.73 Å². The van der Waals surface area contributed by atoms with E-state index in [0.29, 0.717) is 18.5 Å². The van der Waals surface area contributed by atoms with Crippen molar-refractivity contribution in [3.05, 3.63) is 0 Å². The van der Waals surface area contributed by atoms with Crippen LogP contribution in [-0.2, 0) is 4.79 Å². The lowest BCUT2D eigenvalue weighted by atomic mass is 9.76. The molecule has 4 heteroatoms. The minimum Gasteiger partial charge on any atom is -0.353 e. The van der Waals surface area contributed by atoms with Crippen molar-refractivity contribution in [2.45, 2.75) is 71.9 Å². The Morgan fingerprint density at radius 2 is 2.05 bits per heavy atom. The first kappa shape index (κ1) is 18.4. The standard InChI is InChI=1S/C17H35N3O/c1-5-7-14-8-9-15(11-18)16(10-14)20(6-2)12-17(21)19-13(3)4/h13-16H,5-12,18H2,1-4H3,(H,19,21). The molecule has 124 valence electrons. The minimum atomic E-state index is 0.139. The van der Waals surface area contributed by atoms with Crippen LogP contribution in [0.15, 0.2) is 0 Å². The summed E-state index contributed by atoms with van der Waals surface area (Å²) in [7, 11) is 0. The second-order valence-electron chi connectivity index (χ2n) is 6.82. The molecule has 3 unspecified atom stereocenters. The molecule has 0 aromatic carbocycles. The number of carbonyl (C=O) groups excluding carboxylic acids is 1. The molecule has 0 aromatic rings. The summed E-state index contributed by atoms with van der Waals surface area (Å²) in [6.45, 7) is 10.6. The van der Waals surface area contributed by atoms with E-state index in [1.54, 1.807) is 0 Å². The highest BCUT2D eigenvalue weighted by molar-refractivity contribution is 5.78. The third-order valence-corrected chi connectivity index (χ3v) is 4.74. The summed E-state index contributed by atoms with van der Waals surface area (Å²) in [5, 5.41) is 3.00. The second-order valence-corrected chi connectivity index (χ2v) is 6.82. The van der Waals surface area contributed by atoms with E-state index in [0.717, 1.165) is 19.0 Å². The molecule has 0 radical (unpaired) electrons. The Kier molecular flexibility index (Phi) is 8.27. The van der Waals surface area contributed by atoms with Crippen LogP contribution in [0.2, 0.25) is 0 Å². The molecule has 0 heterocycles. The van der Waals surface area contributed by atoms with Gasteiger partial charge in [0.2, 0.25) is 5.91 Å². The van der Waals surface area contributed by atoms with Gasteiger partial charge in [-0.25, -0.2) is 0 Å². The van der Waals surface area contributed by atoms with E-state index in [-0.39, 0.29) is 11.9 Å². The van der Waals surface area contributed by atoms with Gasteiger partial charge in [0.15, 0.2) is 0 Å². The Morgan fingerprint density at radius 3 is 2.57 bits per heavy atom. The molecule has 21 heavy (non-hydrogen) atoms. The fourth-order valence-electron chi connectivity index (χ4n) is 3.70. The van der Waals surface area contributed by atoms with Gasteiger partial charge >= 0.3 is 0 Å². The molecule has 0 aliphatic heterocycles. The summed E-state index contributed by atoms with van der Waals surface area (Å²) in [5.41, 5.74) is 5.99. The van der Waals surface area contributed by atoms with Crippen LogP contribution in [-0.4, -0.2) is 42.5 Å². The van der Waals surface area contributed by atoms with Crippen molar-refractivity contribution in [3.8, 4) is 0 Å². The molecule has 3 atom stereocenters. The number of rotatable bonds is 8. The number of amides is 1. The van der Waals surface area contributed by atoms with Crippen molar-refractivity contribution in [1.29, 1.82) is 0 Å². The lowest BCUT2D eigenvalue weighted by Crippen LogP contribution is -2.50. The van der Waals surface area contributed by atoms with Gasteiger partial charge in [-0.2, -0.15) is 0 Å². The van der Waals surface area contributed by atoms with Crippen molar-refractivity contribution in [3.63, 3.8) is 0 Å². The molecular weight excluding hydrogens is 262 g/mol. The average molecular weight is 297 g/mol. The van der Waals surface area contributed by atoms with Crippen molar-refractivity contribution in [2.24, 2.45) is 17.6 Å². The van der Waals surface area contributed by atoms with Gasteiger partial charge in [0.05, 0.1) is 6.54 Å². The van der Waals surface area contributed by atoms with Crippen LogP contribution in [0.3, 0.4) is 0 Å². The summed E-state index contributed by atoms with van der Waals surface area (Å²) in [5.74, 6) is 1.50. The van der Waals surface area contributed by atoms with Crippen LogP contribution in [0, 0.1) is 11.8 Å². The monoisotopic (exact) mass is 297 g/mol. The van der Waals surface area contributed by atoms with Gasteiger partial charge in [-0.05, 0) is 51.6 Å². The van der Waals surface area contributed by atoms with Gasteiger partial charge < -0.3 is 11.1 Å². The van der Waals surface area contributed by atoms with E-state index >= 15 is 0 Å². The summed E-state index contributed by atoms with van der Waals surface area (Å²) in [6, 6.07) is 0.684. The smallest absolute Gasteiger partial charge is 0.234 e. The van der Waals surface area contributed by atoms with Crippen LogP contribution >= 0.6 is 0 Å². The highest BCUT2D eigenvalue weighted by Gasteiger charge is 2.33. The van der Waals surface area contributed by atoms with Crippen LogP contribution in [0.4, 0.5) is 0 Å². The Bertz CT molecular complexity index is 306. The van der Waals surface area contributed by atoms with Gasteiger partial charge in [-0.1, -0.05) is 33.1 Å². The minimum absolute atomic E-state index is 0.139. The van der Waals surface area contributed by atoms with Gasteiger partial charge in [0.1, 0.15) is 0 Å². The molecule has 1 aliphatic carbocycles. The number of hydrogen-bond acceptors (Lipinski definition) is 3. The van der Waals surface area contributed by atoms with Crippen molar-refractivity contribution >= 4 is 5.91 Å². The molecule has 3 N–H and O–H groups in total. The maximum absolute atomic E-state index is 12.1. The van der Waals surface area contributed by atoms with E-state index in [1.165, 1.54) is 32.1 Å². The molecule has 1 amide bonds. The summed E-state index contributed by atoms with van der Waals surface area (Å²) in [6.07, 6.45) is 6.29. The zero-order chi connectivity index (χ0) is 15.8. The molecule has 1 rings (SSSR count). The number of hydrogen-bond donors (Lipinski definition) is 2. The predicted molar refractivity (Wildman–Crippen MR) is 89.1 cm³/mol. The molecule has 0 aromatic heterocycles. The van der Waals surface area contributed by atoms with Gasteiger partial charge in [-0.15, -0.1) is 0 Å². The summed E-state index contributed by atoms with van der Waals surface area (Å²) < 4.78 is 0. The number of carbonyl (C=O) groups is 1. The molecule has 0 spiro atoms. The van der Waals surface area contributed by atoms with E-state index in [1.807, 2.05) is 13.8 Å². The number of likely N-dealkylation sites (N-methyl/N-ethyl adjacent to an activating group) is 1. The summed E-state index contributed by atoms with van der Waals surface area (Å²) >= 11 is 0. The highest BCUT2D eigenvalue weighted by atomic mass is 16.2. The molecule has 1 fully saturated rings. The maximum Gasteiger partial charge on any atom is 0.234 e. The van der Waals surface area contributed by atoms with Crippen LogP contribution in [0.25, 0.3) is 0 Å². The largest absolute Gasteiger partial charge is 0.353 e. The Balaban J connectivity index is 2.66. The third kappa shape index (κ3) is 5.95. The lowest BCUT2D eigenvalue weighted by molar-refractivity contribution is -0.123. The molecule has 0 saturated heterocycles. The number of nitrogens with zero attached hydrogens (tertiary/aromatic N) is 1. The normalized spacial score (nSPS) is 26.3. The first-order valence-electron chi connectivity index (χ1n) is 8.75. The average Bonchev–Trinajstić information content (AvgIpc) is 2.44. The second kappa shape index (κ2) is 9.42. The zero-order valence-electron chi connectivity index (χ0n) is 14.4. The van der Waals surface area contributed by atoms with E-state index in [9.17, 15) is 4.79 Å². The lowest BCUT2D eigenvalue weighted by Gasteiger charge is -2.42. The van der Waals surface area contributed by atoms with Gasteiger partial charge in [-0.3, -0.25) is 9.69 Å². The quantitative estimate of drug-likeness (QED) is 0.723. The van der Waals surface area contributed by atoms with E-state index in [2.05, 4.69) is 24.1 Å². The topological polar surface area (TPSA) is 58.4 Å². The van der Waals surface area contributed by atoms with Crippen LogP contribution in [0.1, 0.15) is 59.8 Å². The molecule has 4 nitrogen and oxygen atoms in total. The van der Waals surface area contributed by atoms with Crippen LogP contribution < -0.4 is 11.1 Å². The fourth-order valence-corrected chi connectivity index (χ4v) is 3.70. The Hall–Kier alpha value is -0.610. The number of nitrogens with one attached hydrogen (secondary N) is 1. The highest BCUT2D eigenvalue weighted by Crippen LogP contribution is 2.34. The Morgan fingerprint density at radius 1 is 1.33 bits per heavy atom. The molecule has 0 bridgehead atoms. The van der Waals surface area contributed by atoms with Crippen molar-refractivity contribution < 1.29 is 4.79 Å². The fraction of sp³-hybridized carbons (Fsp3) is 0.941. The van der Waals surface area contributed by atoms with Gasteiger partial charge in [0, 0.05) is 12.1 Å². The third-order valence-electron chi connectivity index (χ3n) is 4.74. The molecule has 1 saturated carbocycles. The summed E-state index contributed by atoms with van der Waals surface area (Å²) in [4.78, 5) is 14.4. The first-order valence-corrected chi connectivity index (χ1v) is 8.75. The zero-order valence-corrected chi connectivity index (χ0v) is 14.4.